The molecule has 2 fully saturated rings. The minimum atomic E-state index is -0.757. The van der Waals surface area contributed by atoms with Crippen LogP contribution in [-0.4, -0.2) is 49.8 Å². The highest BCUT2D eigenvalue weighted by molar-refractivity contribution is 5.96. The molecule has 6 heteroatoms. The van der Waals surface area contributed by atoms with E-state index in [4.69, 9.17) is 14.2 Å². The smallest absolute Gasteiger partial charge is 0.224 e. The van der Waals surface area contributed by atoms with E-state index in [0.29, 0.717) is 19.4 Å². The highest BCUT2D eigenvalue weighted by Crippen LogP contribution is 2.30. The van der Waals surface area contributed by atoms with Crippen molar-refractivity contribution in [1.82, 2.24) is 5.32 Å². The maximum absolute atomic E-state index is 13.1. The van der Waals surface area contributed by atoms with Gasteiger partial charge in [-0.15, -0.1) is 0 Å². The largest absolute Gasteiger partial charge is 0.497 e. The standard InChI is InChI=1S/C23H33NO5/c1-4-6-17(13-16-8-10-18(27-3)11-9-16)22(26)24-20(14-19-7-5-12-28-19)21(25)23(2)15-29-23/h8-11,17,19-20H,4-7,12-15H2,1-3H3,(H,24,26). The molecule has 160 valence electrons. The Morgan fingerprint density at radius 1 is 1.31 bits per heavy atom. The number of carbonyl (C=O) groups excluding carboxylic acids is 2. The van der Waals surface area contributed by atoms with Gasteiger partial charge in [-0.3, -0.25) is 9.59 Å². The van der Waals surface area contributed by atoms with Gasteiger partial charge in [-0.25, -0.2) is 0 Å². The van der Waals surface area contributed by atoms with E-state index in [0.717, 1.165) is 43.6 Å². The van der Waals surface area contributed by atoms with Crippen LogP contribution < -0.4 is 10.1 Å². The van der Waals surface area contributed by atoms with Gasteiger partial charge in [0.2, 0.25) is 5.91 Å². The van der Waals surface area contributed by atoms with E-state index in [9.17, 15) is 9.59 Å². The maximum Gasteiger partial charge on any atom is 0.224 e. The molecule has 29 heavy (non-hydrogen) atoms. The zero-order valence-electron chi connectivity index (χ0n) is 17.7. The first-order valence-corrected chi connectivity index (χ1v) is 10.7. The predicted molar refractivity (Wildman–Crippen MR) is 110 cm³/mol. The molecule has 0 radical (unpaired) electrons. The molecule has 4 unspecified atom stereocenters. The molecule has 0 saturated carbocycles. The van der Waals surface area contributed by atoms with E-state index in [1.807, 2.05) is 24.3 Å². The van der Waals surface area contributed by atoms with Crippen molar-refractivity contribution in [2.45, 2.75) is 70.1 Å². The summed E-state index contributed by atoms with van der Waals surface area (Å²) < 4.78 is 16.3. The van der Waals surface area contributed by atoms with Gasteiger partial charge in [-0.05, 0) is 50.3 Å². The number of carbonyl (C=O) groups is 2. The van der Waals surface area contributed by atoms with Gasteiger partial charge >= 0.3 is 0 Å². The third-order valence-electron chi connectivity index (χ3n) is 5.90. The van der Waals surface area contributed by atoms with Crippen molar-refractivity contribution < 1.29 is 23.8 Å². The zero-order valence-corrected chi connectivity index (χ0v) is 17.7. The fourth-order valence-electron chi connectivity index (χ4n) is 3.95. The third kappa shape index (κ3) is 5.80. The molecule has 2 heterocycles. The molecule has 4 atom stereocenters. The molecule has 0 aliphatic carbocycles. The SMILES string of the molecule is CCCC(Cc1ccc(OC)cc1)C(=O)NC(CC1CCCO1)C(=O)C1(C)CO1. The molecular weight excluding hydrogens is 370 g/mol. The number of amides is 1. The van der Waals surface area contributed by atoms with Gasteiger partial charge < -0.3 is 19.5 Å². The van der Waals surface area contributed by atoms with Crippen LogP contribution in [-0.2, 0) is 25.5 Å². The summed E-state index contributed by atoms with van der Waals surface area (Å²) in [6.07, 6.45) is 4.79. The van der Waals surface area contributed by atoms with E-state index in [1.54, 1.807) is 14.0 Å². The number of hydrogen-bond acceptors (Lipinski definition) is 5. The molecule has 3 rings (SSSR count). The summed E-state index contributed by atoms with van der Waals surface area (Å²) in [6.45, 7) is 5.02. The van der Waals surface area contributed by atoms with Gasteiger partial charge in [-0.2, -0.15) is 0 Å². The number of epoxide rings is 1. The predicted octanol–water partition coefficient (Wildman–Crippen LogP) is 3.07. The number of benzene rings is 1. The minimum absolute atomic E-state index is 0.0258. The Morgan fingerprint density at radius 2 is 2.03 bits per heavy atom. The quantitative estimate of drug-likeness (QED) is 0.575. The average Bonchev–Trinajstić information content (AvgIpc) is 3.26. The lowest BCUT2D eigenvalue weighted by Gasteiger charge is -2.25. The van der Waals surface area contributed by atoms with E-state index >= 15 is 0 Å². The number of nitrogens with one attached hydrogen (secondary N) is 1. The lowest BCUT2D eigenvalue weighted by atomic mass is 9.91. The first-order chi connectivity index (χ1) is 13.9. The second-order valence-corrected chi connectivity index (χ2v) is 8.35. The molecule has 1 aromatic rings. The molecule has 0 bridgehead atoms. The molecule has 0 spiro atoms. The summed E-state index contributed by atoms with van der Waals surface area (Å²) in [5.41, 5.74) is 0.325. The van der Waals surface area contributed by atoms with Gasteiger partial charge in [0.05, 0.1) is 25.9 Å². The maximum atomic E-state index is 13.1. The molecule has 2 aliphatic rings. The van der Waals surface area contributed by atoms with Gasteiger partial charge in [0, 0.05) is 18.9 Å². The van der Waals surface area contributed by atoms with E-state index < -0.39 is 11.6 Å². The molecular formula is C23H33NO5. The van der Waals surface area contributed by atoms with Crippen molar-refractivity contribution >= 4 is 11.7 Å². The average molecular weight is 404 g/mol. The van der Waals surface area contributed by atoms with Crippen molar-refractivity contribution in [2.24, 2.45) is 5.92 Å². The molecule has 1 aromatic carbocycles. The summed E-state index contributed by atoms with van der Waals surface area (Å²) in [5, 5.41) is 3.04. The van der Waals surface area contributed by atoms with Crippen LogP contribution in [0.4, 0.5) is 0 Å². The van der Waals surface area contributed by atoms with Crippen LogP contribution in [0.5, 0.6) is 5.75 Å². The monoisotopic (exact) mass is 403 g/mol. The summed E-state index contributed by atoms with van der Waals surface area (Å²) in [6, 6.07) is 7.23. The Bertz CT molecular complexity index is 692. The minimum Gasteiger partial charge on any atom is -0.497 e. The molecule has 2 saturated heterocycles. The van der Waals surface area contributed by atoms with Gasteiger partial charge in [0.1, 0.15) is 11.4 Å². The number of methoxy groups -OCH3 is 1. The second kappa shape index (κ2) is 9.72. The molecule has 1 amide bonds. The lowest BCUT2D eigenvalue weighted by molar-refractivity contribution is -0.133. The summed E-state index contributed by atoms with van der Waals surface area (Å²) in [4.78, 5) is 26.1. The number of ketones is 1. The summed E-state index contributed by atoms with van der Waals surface area (Å²) >= 11 is 0. The number of Topliss-reactive ketones (excluding diaryl/α,β-unsaturated/α-hetero) is 1. The van der Waals surface area contributed by atoms with Crippen LogP contribution in [0.3, 0.4) is 0 Å². The van der Waals surface area contributed by atoms with Crippen LogP contribution in [0.15, 0.2) is 24.3 Å². The van der Waals surface area contributed by atoms with E-state index in [-0.39, 0.29) is 23.7 Å². The Morgan fingerprint density at radius 3 is 2.59 bits per heavy atom. The Balaban J connectivity index is 1.67. The van der Waals surface area contributed by atoms with Gasteiger partial charge in [0.15, 0.2) is 5.78 Å². The van der Waals surface area contributed by atoms with Crippen molar-refractivity contribution in [2.75, 3.05) is 20.3 Å². The first kappa shape index (κ1) is 21.8. The Labute approximate surface area is 173 Å². The van der Waals surface area contributed by atoms with Crippen LogP contribution in [0.2, 0.25) is 0 Å². The van der Waals surface area contributed by atoms with Crippen molar-refractivity contribution in [3.8, 4) is 5.75 Å². The Kier molecular flexibility index (Phi) is 7.30. The number of rotatable bonds is 11. The molecule has 6 nitrogen and oxygen atoms in total. The number of hydrogen-bond donors (Lipinski definition) is 1. The topological polar surface area (TPSA) is 77.2 Å². The van der Waals surface area contributed by atoms with Gasteiger partial charge in [0.25, 0.3) is 0 Å². The second-order valence-electron chi connectivity index (χ2n) is 8.35. The van der Waals surface area contributed by atoms with Crippen LogP contribution in [0.1, 0.15) is 51.5 Å². The van der Waals surface area contributed by atoms with Crippen molar-refractivity contribution in [3.63, 3.8) is 0 Å². The molecule has 0 aromatic heterocycles. The van der Waals surface area contributed by atoms with E-state index in [2.05, 4.69) is 12.2 Å². The first-order valence-electron chi connectivity index (χ1n) is 10.7. The molecule has 1 N–H and O–H groups in total. The van der Waals surface area contributed by atoms with Crippen LogP contribution in [0, 0.1) is 5.92 Å². The summed E-state index contributed by atoms with van der Waals surface area (Å²) in [5.74, 6) is 0.510. The highest BCUT2D eigenvalue weighted by Gasteiger charge is 2.50. The molecule has 2 aliphatic heterocycles. The fraction of sp³-hybridized carbons (Fsp3) is 0.652. The van der Waals surface area contributed by atoms with Gasteiger partial charge in [-0.1, -0.05) is 25.5 Å². The van der Waals surface area contributed by atoms with Crippen molar-refractivity contribution in [3.05, 3.63) is 29.8 Å². The fourth-order valence-corrected chi connectivity index (χ4v) is 3.95. The van der Waals surface area contributed by atoms with Crippen LogP contribution in [0.25, 0.3) is 0 Å². The van der Waals surface area contributed by atoms with Crippen molar-refractivity contribution in [1.29, 1.82) is 0 Å². The summed E-state index contributed by atoms with van der Waals surface area (Å²) in [7, 11) is 1.64. The third-order valence-corrected chi connectivity index (χ3v) is 5.90. The highest BCUT2D eigenvalue weighted by atomic mass is 16.6. The van der Waals surface area contributed by atoms with E-state index in [1.165, 1.54) is 0 Å². The lowest BCUT2D eigenvalue weighted by Crippen LogP contribution is -2.49. The van der Waals surface area contributed by atoms with Crippen LogP contribution >= 0.6 is 0 Å². The Hall–Kier alpha value is -1.92. The number of ether oxygens (including phenoxy) is 3. The zero-order chi connectivity index (χ0) is 20.9. The normalized spacial score (nSPS) is 25.3.